The number of ether oxygens (including phenoxy) is 1. The molecular weight excluding hydrogens is 166 g/mol. The summed E-state index contributed by atoms with van der Waals surface area (Å²) in [6.07, 6.45) is 5.35. The smallest absolute Gasteiger partial charge is 0.335 e. The highest BCUT2D eigenvalue weighted by atomic mass is 16.5. The molecule has 2 bridgehead atoms. The van der Waals surface area contributed by atoms with Gasteiger partial charge in [0.15, 0.2) is 0 Å². The number of fused-ring (bicyclic) bond motifs is 2. The molecule has 0 radical (unpaired) electrons. The fourth-order valence-corrected chi connectivity index (χ4v) is 2.41. The van der Waals surface area contributed by atoms with Crippen molar-refractivity contribution < 1.29 is 9.53 Å². The summed E-state index contributed by atoms with van der Waals surface area (Å²) in [6.45, 7) is 0. The molecule has 0 saturated carbocycles. The van der Waals surface area contributed by atoms with E-state index in [1.807, 2.05) is 6.08 Å². The first-order chi connectivity index (χ1) is 6.24. The Bertz CT molecular complexity index is 260. The lowest BCUT2D eigenvalue weighted by Gasteiger charge is -2.30. The van der Waals surface area contributed by atoms with Crippen molar-refractivity contribution in [2.45, 2.75) is 31.3 Å². The molecule has 13 heavy (non-hydrogen) atoms. The van der Waals surface area contributed by atoms with Crippen LogP contribution in [0.1, 0.15) is 19.3 Å². The van der Waals surface area contributed by atoms with Gasteiger partial charge in [-0.2, -0.15) is 0 Å². The van der Waals surface area contributed by atoms with E-state index >= 15 is 0 Å². The summed E-state index contributed by atoms with van der Waals surface area (Å²) >= 11 is 0. The number of rotatable bonds is 1. The van der Waals surface area contributed by atoms with E-state index in [0.29, 0.717) is 12.1 Å². The summed E-state index contributed by atoms with van der Waals surface area (Å²) in [5, 5.41) is 0. The molecule has 0 aromatic rings. The third kappa shape index (κ3) is 1.27. The minimum absolute atomic E-state index is 0.155. The van der Waals surface area contributed by atoms with E-state index in [-0.39, 0.29) is 5.97 Å². The lowest BCUT2D eigenvalue weighted by Crippen LogP contribution is -2.38. The van der Waals surface area contributed by atoms with Crippen LogP contribution in [0.2, 0.25) is 0 Å². The monoisotopic (exact) mass is 181 g/mol. The number of carbonyl (C=O) groups excluding carboxylic acids is 1. The first kappa shape index (κ1) is 8.75. The van der Waals surface area contributed by atoms with Crippen LogP contribution in [-0.2, 0) is 9.53 Å². The average Bonchev–Trinajstić information content (AvgIpc) is 2.41. The van der Waals surface area contributed by atoms with E-state index < -0.39 is 0 Å². The molecule has 1 fully saturated rings. The number of likely N-dealkylation sites (N-methyl/N-ethyl adjacent to an activating group) is 1. The fourth-order valence-electron chi connectivity index (χ4n) is 2.41. The maximum Gasteiger partial charge on any atom is 0.335 e. The van der Waals surface area contributed by atoms with Gasteiger partial charge in [0.2, 0.25) is 0 Å². The van der Waals surface area contributed by atoms with Crippen LogP contribution in [0.15, 0.2) is 11.6 Å². The Kier molecular flexibility index (Phi) is 2.12. The van der Waals surface area contributed by atoms with Gasteiger partial charge in [-0.25, -0.2) is 4.79 Å². The summed E-state index contributed by atoms with van der Waals surface area (Å²) in [6, 6.07) is 0.963. The highest BCUT2D eigenvalue weighted by Crippen LogP contribution is 2.34. The highest BCUT2D eigenvalue weighted by molar-refractivity contribution is 5.90. The summed E-state index contributed by atoms with van der Waals surface area (Å²) in [5.74, 6) is -0.155. The maximum absolute atomic E-state index is 11.4. The van der Waals surface area contributed by atoms with Crippen LogP contribution in [0, 0.1) is 0 Å². The summed E-state index contributed by atoms with van der Waals surface area (Å²) in [7, 11) is 3.54. The molecule has 2 heterocycles. The highest BCUT2D eigenvalue weighted by Gasteiger charge is 2.38. The number of esters is 1. The van der Waals surface area contributed by atoms with Crippen molar-refractivity contribution in [1.29, 1.82) is 0 Å². The second-order valence-corrected chi connectivity index (χ2v) is 3.80. The van der Waals surface area contributed by atoms with Crippen molar-refractivity contribution in [1.82, 2.24) is 4.90 Å². The van der Waals surface area contributed by atoms with Crippen molar-refractivity contribution in [3.05, 3.63) is 11.6 Å². The van der Waals surface area contributed by atoms with Crippen LogP contribution in [0.3, 0.4) is 0 Å². The molecule has 1 saturated heterocycles. The molecule has 0 amide bonds. The van der Waals surface area contributed by atoms with E-state index in [1.54, 1.807) is 0 Å². The molecule has 0 aromatic heterocycles. The van der Waals surface area contributed by atoms with Crippen molar-refractivity contribution in [3.8, 4) is 0 Å². The zero-order valence-electron chi connectivity index (χ0n) is 8.12. The zero-order chi connectivity index (χ0) is 9.42. The Hall–Kier alpha value is -0.830. The van der Waals surface area contributed by atoms with E-state index in [4.69, 9.17) is 4.74 Å². The Morgan fingerprint density at radius 3 is 3.08 bits per heavy atom. The molecular formula is C10H15NO2. The van der Waals surface area contributed by atoms with Gasteiger partial charge in [-0.3, -0.25) is 4.90 Å². The Morgan fingerprint density at radius 2 is 2.38 bits per heavy atom. The quantitative estimate of drug-likeness (QED) is 0.564. The molecule has 2 aliphatic heterocycles. The van der Waals surface area contributed by atoms with Gasteiger partial charge in [0.1, 0.15) is 0 Å². The normalized spacial score (nSPS) is 32.9. The number of hydrogen-bond donors (Lipinski definition) is 0. The zero-order valence-corrected chi connectivity index (χ0v) is 8.12. The number of carbonyl (C=O) groups is 1. The first-order valence-electron chi connectivity index (χ1n) is 4.74. The van der Waals surface area contributed by atoms with Crippen LogP contribution in [0.25, 0.3) is 0 Å². The lowest BCUT2D eigenvalue weighted by molar-refractivity contribution is -0.136. The summed E-state index contributed by atoms with van der Waals surface area (Å²) in [4.78, 5) is 13.7. The molecule has 0 unspecified atom stereocenters. The van der Waals surface area contributed by atoms with Gasteiger partial charge in [0.25, 0.3) is 0 Å². The van der Waals surface area contributed by atoms with E-state index in [9.17, 15) is 4.79 Å². The standard InChI is InChI=1S/C10H15NO2/c1-11-7-3-5-8(10(12)13-2)9(11)6-4-7/h5,7,9H,3-4,6H2,1-2H3/t7-,9-/m1/s1. The Morgan fingerprint density at radius 1 is 1.62 bits per heavy atom. The molecule has 72 valence electrons. The first-order valence-corrected chi connectivity index (χ1v) is 4.74. The minimum Gasteiger partial charge on any atom is -0.466 e. The summed E-state index contributed by atoms with van der Waals surface area (Å²) in [5.41, 5.74) is 0.860. The van der Waals surface area contributed by atoms with Gasteiger partial charge in [-0.15, -0.1) is 0 Å². The Labute approximate surface area is 78.4 Å². The van der Waals surface area contributed by atoms with Crippen LogP contribution >= 0.6 is 0 Å². The van der Waals surface area contributed by atoms with Gasteiger partial charge in [0, 0.05) is 12.1 Å². The molecule has 2 aliphatic rings. The molecule has 3 nitrogen and oxygen atoms in total. The second-order valence-electron chi connectivity index (χ2n) is 3.80. The van der Waals surface area contributed by atoms with E-state index in [2.05, 4.69) is 11.9 Å². The fraction of sp³-hybridized carbons (Fsp3) is 0.700. The van der Waals surface area contributed by atoms with Crippen molar-refractivity contribution in [2.75, 3.05) is 14.2 Å². The molecule has 0 N–H and O–H groups in total. The van der Waals surface area contributed by atoms with E-state index in [0.717, 1.165) is 18.4 Å². The average molecular weight is 181 g/mol. The molecule has 2 rings (SSSR count). The molecule has 2 atom stereocenters. The third-order valence-electron chi connectivity index (χ3n) is 3.23. The van der Waals surface area contributed by atoms with Crippen LogP contribution in [-0.4, -0.2) is 37.1 Å². The van der Waals surface area contributed by atoms with Gasteiger partial charge >= 0.3 is 5.97 Å². The predicted octanol–water partition coefficient (Wildman–Crippen LogP) is 0.952. The maximum atomic E-state index is 11.4. The predicted molar refractivity (Wildman–Crippen MR) is 49.3 cm³/mol. The van der Waals surface area contributed by atoms with Gasteiger partial charge in [-0.1, -0.05) is 6.08 Å². The van der Waals surface area contributed by atoms with Gasteiger partial charge in [-0.05, 0) is 26.3 Å². The lowest BCUT2D eigenvalue weighted by atomic mass is 10.0. The second kappa shape index (κ2) is 3.14. The van der Waals surface area contributed by atoms with E-state index in [1.165, 1.54) is 13.5 Å². The van der Waals surface area contributed by atoms with Crippen LogP contribution in [0.4, 0.5) is 0 Å². The molecule has 0 spiro atoms. The molecule has 3 heteroatoms. The Balaban J connectivity index is 2.21. The topological polar surface area (TPSA) is 29.5 Å². The number of hydrogen-bond acceptors (Lipinski definition) is 3. The van der Waals surface area contributed by atoms with Crippen LogP contribution in [0.5, 0.6) is 0 Å². The van der Waals surface area contributed by atoms with Gasteiger partial charge < -0.3 is 4.74 Å². The van der Waals surface area contributed by atoms with Crippen LogP contribution < -0.4 is 0 Å². The third-order valence-corrected chi connectivity index (χ3v) is 3.23. The largest absolute Gasteiger partial charge is 0.466 e. The molecule has 0 aromatic carbocycles. The van der Waals surface area contributed by atoms with Gasteiger partial charge in [0.05, 0.1) is 12.7 Å². The molecule has 0 aliphatic carbocycles. The number of methoxy groups -OCH3 is 1. The van der Waals surface area contributed by atoms with Crippen molar-refractivity contribution in [2.24, 2.45) is 0 Å². The number of nitrogens with zero attached hydrogens (tertiary/aromatic N) is 1. The summed E-state index contributed by atoms with van der Waals surface area (Å²) < 4.78 is 4.75. The van der Waals surface area contributed by atoms with Crippen molar-refractivity contribution >= 4 is 5.97 Å². The minimum atomic E-state index is -0.155. The SMILES string of the molecule is COC(=O)C1=CC[C@@H]2CC[C@H]1N2C. The van der Waals surface area contributed by atoms with Crippen molar-refractivity contribution in [3.63, 3.8) is 0 Å².